The Morgan fingerprint density at radius 2 is 1.00 bits per heavy atom. The molecule has 2 aliphatic carbocycles. The molecule has 0 spiro atoms. The molecule has 43 heavy (non-hydrogen) atoms. The third-order valence-corrected chi connectivity index (χ3v) is 8.71. The molecule has 2 aromatic carbocycles. The van der Waals surface area contributed by atoms with Crippen LogP contribution in [0.3, 0.4) is 0 Å². The highest BCUT2D eigenvalue weighted by molar-refractivity contribution is 5.42. The number of hydrogen-bond acceptors (Lipinski definition) is 2. The summed E-state index contributed by atoms with van der Waals surface area (Å²) in [6.07, 6.45) is 15.5. The highest BCUT2D eigenvalue weighted by Gasteiger charge is 2.21. The van der Waals surface area contributed by atoms with Gasteiger partial charge in [-0.25, -0.2) is 8.78 Å². The monoisotopic (exact) mass is 598 g/mol. The van der Waals surface area contributed by atoms with Crippen molar-refractivity contribution in [2.24, 2.45) is 23.7 Å². The van der Waals surface area contributed by atoms with Gasteiger partial charge < -0.3 is 9.47 Å². The molecule has 0 atom stereocenters. The standard InChI is InChI=1S/C19H24F2O.C18H22F2O/c1-3-4-5-14-6-8-15(9-7-14)10-11-16-12-13-17(22-2)19(21)18(16)20;1-3-4-13-5-7-14(8-6-13)9-10-15-11-12-16(21-2)18(20)17(15)19/h12-15H,3-9H2,1-2H3;11-14H,3-8H2,1-2H3. The summed E-state index contributed by atoms with van der Waals surface area (Å²) in [4.78, 5) is 0. The van der Waals surface area contributed by atoms with Gasteiger partial charge in [0.1, 0.15) is 0 Å². The quantitative estimate of drug-likeness (QED) is 0.233. The van der Waals surface area contributed by atoms with E-state index in [-0.39, 0.29) is 22.6 Å². The first-order chi connectivity index (χ1) is 20.8. The average Bonchev–Trinajstić information content (AvgIpc) is 3.03. The second-order valence-corrected chi connectivity index (χ2v) is 11.8. The van der Waals surface area contributed by atoms with Crippen LogP contribution in [0.4, 0.5) is 17.6 Å². The molecule has 0 bridgehead atoms. The lowest BCUT2D eigenvalue weighted by Crippen LogP contribution is -2.13. The van der Waals surface area contributed by atoms with Gasteiger partial charge in [-0.05, 0) is 87.5 Å². The Kier molecular flexibility index (Phi) is 14.3. The van der Waals surface area contributed by atoms with E-state index in [1.807, 2.05) is 0 Å². The molecule has 0 amide bonds. The Balaban J connectivity index is 0.000000236. The highest BCUT2D eigenvalue weighted by Crippen LogP contribution is 2.33. The molecular formula is C37H46F4O2. The van der Waals surface area contributed by atoms with E-state index in [2.05, 4.69) is 37.5 Å². The first-order valence-electron chi connectivity index (χ1n) is 15.9. The fourth-order valence-electron chi connectivity index (χ4n) is 6.02. The smallest absolute Gasteiger partial charge is 0.201 e. The first-order valence-corrected chi connectivity index (χ1v) is 15.9. The highest BCUT2D eigenvalue weighted by atomic mass is 19.2. The van der Waals surface area contributed by atoms with Crippen molar-refractivity contribution < 1.29 is 27.0 Å². The fraction of sp³-hybridized carbons (Fsp3) is 0.568. The molecule has 234 valence electrons. The van der Waals surface area contributed by atoms with Crippen molar-refractivity contribution in [3.05, 3.63) is 58.7 Å². The van der Waals surface area contributed by atoms with Crippen LogP contribution in [-0.4, -0.2) is 14.2 Å². The van der Waals surface area contributed by atoms with E-state index in [0.717, 1.165) is 37.5 Å². The molecule has 0 saturated heterocycles. The van der Waals surface area contributed by atoms with Gasteiger partial charge >= 0.3 is 0 Å². The molecule has 6 heteroatoms. The van der Waals surface area contributed by atoms with Gasteiger partial charge in [-0.3, -0.25) is 0 Å². The maximum atomic E-state index is 13.8. The number of hydrogen-bond donors (Lipinski definition) is 0. The largest absolute Gasteiger partial charge is 0.494 e. The topological polar surface area (TPSA) is 18.5 Å². The van der Waals surface area contributed by atoms with Crippen LogP contribution in [-0.2, 0) is 0 Å². The summed E-state index contributed by atoms with van der Waals surface area (Å²) in [5.74, 6) is 10.2. The van der Waals surface area contributed by atoms with Crippen LogP contribution < -0.4 is 9.47 Å². The predicted molar refractivity (Wildman–Crippen MR) is 165 cm³/mol. The van der Waals surface area contributed by atoms with Gasteiger partial charge in [0.05, 0.1) is 25.3 Å². The maximum Gasteiger partial charge on any atom is 0.201 e. The summed E-state index contributed by atoms with van der Waals surface area (Å²) >= 11 is 0. The fourth-order valence-corrected chi connectivity index (χ4v) is 6.02. The van der Waals surface area contributed by atoms with Gasteiger partial charge in [-0.2, -0.15) is 8.78 Å². The number of unbranched alkanes of at least 4 members (excludes halogenated alkanes) is 1. The average molecular weight is 599 g/mol. The molecule has 0 aliphatic heterocycles. The zero-order valence-electron chi connectivity index (χ0n) is 26.1. The third kappa shape index (κ3) is 10.2. The van der Waals surface area contributed by atoms with Crippen molar-refractivity contribution in [1.82, 2.24) is 0 Å². The van der Waals surface area contributed by atoms with Crippen LogP contribution in [0, 0.1) is 70.6 Å². The van der Waals surface area contributed by atoms with Gasteiger partial charge in [-0.15, -0.1) is 0 Å². The molecule has 4 rings (SSSR count). The van der Waals surface area contributed by atoms with Gasteiger partial charge in [0.15, 0.2) is 23.1 Å². The Hall–Kier alpha value is -3.12. The van der Waals surface area contributed by atoms with Crippen LogP contribution in [0.1, 0.15) is 108 Å². The van der Waals surface area contributed by atoms with Crippen LogP contribution in [0.5, 0.6) is 11.5 Å². The number of rotatable bonds is 7. The lowest BCUT2D eigenvalue weighted by atomic mass is 9.80. The van der Waals surface area contributed by atoms with E-state index in [9.17, 15) is 17.6 Å². The van der Waals surface area contributed by atoms with Crippen molar-refractivity contribution in [2.75, 3.05) is 14.2 Å². The molecule has 2 nitrogen and oxygen atoms in total. The normalized spacial score (nSPS) is 21.3. The Bertz CT molecular complexity index is 1280. The van der Waals surface area contributed by atoms with Crippen molar-refractivity contribution in [2.45, 2.75) is 97.3 Å². The van der Waals surface area contributed by atoms with Crippen LogP contribution >= 0.6 is 0 Å². The summed E-state index contributed by atoms with van der Waals surface area (Å²) in [6.45, 7) is 4.44. The molecule has 2 aliphatic rings. The molecule has 0 N–H and O–H groups in total. The summed E-state index contributed by atoms with van der Waals surface area (Å²) in [5.41, 5.74) is 0.232. The van der Waals surface area contributed by atoms with Gasteiger partial charge in [0, 0.05) is 11.8 Å². The predicted octanol–water partition coefficient (Wildman–Crippen LogP) is 10.3. The number of halogens is 4. The minimum absolute atomic E-state index is 0.0838. The third-order valence-electron chi connectivity index (χ3n) is 8.71. The summed E-state index contributed by atoms with van der Waals surface area (Å²) in [7, 11) is 2.64. The maximum absolute atomic E-state index is 13.8. The molecule has 0 aromatic heterocycles. The summed E-state index contributed by atoms with van der Waals surface area (Å²) in [6, 6.07) is 5.80. The molecule has 0 unspecified atom stereocenters. The second kappa shape index (κ2) is 17.9. The molecular weight excluding hydrogens is 552 g/mol. The number of benzene rings is 2. The Labute approximate surface area is 255 Å². The van der Waals surface area contributed by atoms with Crippen LogP contribution in [0.25, 0.3) is 0 Å². The van der Waals surface area contributed by atoms with Gasteiger partial charge in [-0.1, -0.05) is 69.6 Å². The van der Waals surface area contributed by atoms with E-state index >= 15 is 0 Å². The zero-order valence-corrected chi connectivity index (χ0v) is 26.1. The minimum atomic E-state index is -0.962. The lowest BCUT2D eigenvalue weighted by Gasteiger charge is -2.25. The Morgan fingerprint density at radius 3 is 1.37 bits per heavy atom. The van der Waals surface area contributed by atoms with Crippen LogP contribution in [0.2, 0.25) is 0 Å². The number of methoxy groups -OCH3 is 2. The number of ether oxygens (including phenoxy) is 2. The van der Waals surface area contributed by atoms with Crippen molar-refractivity contribution in [3.63, 3.8) is 0 Å². The molecule has 2 aromatic rings. The van der Waals surface area contributed by atoms with E-state index in [1.54, 1.807) is 0 Å². The van der Waals surface area contributed by atoms with Gasteiger partial charge in [0.25, 0.3) is 0 Å². The minimum Gasteiger partial charge on any atom is -0.494 e. The SMILES string of the molecule is CCCC1CCC(C#Cc2ccc(OC)c(F)c2F)CC1.CCCCC1CCC(C#Cc2ccc(OC)c(F)c2F)CC1. The summed E-state index contributed by atoms with van der Waals surface area (Å²) < 4.78 is 64.4. The van der Waals surface area contributed by atoms with Crippen molar-refractivity contribution in [3.8, 4) is 35.2 Å². The van der Waals surface area contributed by atoms with Gasteiger partial charge in [0.2, 0.25) is 11.6 Å². The van der Waals surface area contributed by atoms with E-state index < -0.39 is 23.3 Å². The van der Waals surface area contributed by atoms with Crippen LogP contribution in [0.15, 0.2) is 24.3 Å². The first kappa shape index (κ1) is 34.4. The summed E-state index contributed by atoms with van der Waals surface area (Å²) in [5, 5.41) is 0. The molecule has 0 radical (unpaired) electrons. The van der Waals surface area contributed by atoms with E-state index in [1.165, 1.54) is 96.3 Å². The molecule has 0 heterocycles. The zero-order chi connectivity index (χ0) is 31.2. The van der Waals surface area contributed by atoms with Crippen molar-refractivity contribution in [1.29, 1.82) is 0 Å². The van der Waals surface area contributed by atoms with E-state index in [4.69, 9.17) is 9.47 Å². The lowest BCUT2D eigenvalue weighted by molar-refractivity contribution is 0.296. The molecule has 2 fully saturated rings. The van der Waals surface area contributed by atoms with Crippen molar-refractivity contribution >= 4 is 0 Å². The van der Waals surface area contributed by atoms with E-state index in [0.29, 0.717) is 11.8 Å². The Morgan fingerprint density at radius 1 is 0.581 bits per heavy atom. The second-order valence-electron chi connectivity index (χ2n) is 11.8. The molecule has 2 saturated carbocycles.